The molecule has 0 N–H and O–H groups in total. The van der Waals surface area contributed by atoms with Crippen molar-refractivity contribution in [3.8, 4) is 0 Å². The van der Waals surface area contributed by atoms with Gasteiger partial charge in [-0.2, -0.15) is 0 Å². The second kappa shape index (κ2) is 4.16. The number of hydrogen-bond acceptors (Lipinski definition) is 2. The van der Waals surface area contributed by atoms with Crippen LogP contribution in [0.5, 0.6) is 0 Å². The smallest absolute Gasteiger partial charge is 0.330 e. The number of carbonyl (C=O) groups is 1. The van der Waals surface area contributed by atoms with Crippen molar-refractivity contribution in [1.82, 2.24) is 0 Å². The lowest BCUT2D eigenvalue weighted by Gasteiger charge is -2.37. The molecule has 2 nitrogen and oxygen atoms in total. The summed E-state index contributed by atoms with van der Waals surface area (Å²) in [4.78, 5) is 11.3. The molecule has 2 heteroatoms. The molecule has 1 aliphatic rings. The molecule has 1 saturated carbocycles. The minimum absolute atomic E-state index is 0.245. The van der Waals surface area contributed by atoms with Gasteiger partial charge in [0.2, 0.25) is 0 Å². The highest BCUT2D eigenvalue weighted by Crippen LogP contribution is 2.43. The van der Waals surface area contributed by atoms with Crippen LogP contribution in [0.15, 0.2) is 12.7 Å². The Bertz CT molecular complexity index is 232. The molecule has 0 aromatic carbocycles. The van der Waals surface area contributed by atoms with E-state index in [1.807, 2.05) is 0 Å². The van der Waals surface area contributed by atoms with Crippen molar-refractivity contribution in [2.75, 3.05) is 0 Å². The average Bonchev–Trinajstić information content (AvgIpc) is 2.49. The summed E-state index contributed by atoms with van der Waals surface area (Å²) in [6.07, 6.45) is 4.56. The maximum atomic E-state index is 11.3. The average molecular weight is 196 g/mol. The highest BCUT2D eigenvalue weighted by Gasteiger charge is 2.45. The predicted molar refractivity (Wildman–Crippen MR) is 56.9 cm³/mol. The molecule has 0 radical (unpaired) electrons. The van der Waals surface area contributed by atoms with Crippen molar-refractivity contribution in [3.63, 3.8) is 0 Å². The molecule has 0 saturated heterocycles. The zero-order valence-corrected chi connectivity index (χ0v) is 9.38. The molecular formula is C12H20O2. The fourth-order valence-electron chi connectivity index (χ4n) is 2.53. The van der Waals surface area contributed by atoms with Crippen LogP contribution in [0.1, 0.15) is 40.0 Å². The van der Waals surface area contributed by atoms with Crippen molar-refractivity contribution < 1.29 is 9.53 Å². The largest absolute Gasteiger partial charge is 0.455 e. The molecule has 2 atom stereocenters. The van der Waals surface area contributed by atoms with Crippen LogP contribution in [0.25, 0.3) is 0 Å². The lowest BCUT2D eigenvalue weighted by molar-refractivity contribution is -0.163. The van der Waals surface area contributed by atoms with E-state index in [2.05, 4.69) is 27.4 Å². The molecule has 0 aromatic rings. The van der Waals surface area contributed by atoms with Crippen LogP contribution in [0.2, 0.25) is 0 Å². The predicted octanol–water partition coefficient (Wildman–Crippen LogP) is 2.93. The number of rotatable bonds is 3. The Morgan fingerprint density at radius 1 is 1.64 bits per heavy atom. The van der Waals surface area contributed by atoms with E-state index in [9.17, 15) is 4.79 Å². The number of ether oxygens (including phenoxy) is 1. The first-order chi connectivity index (χ1) is 6.53. The van der Waals surface area contributed by atoms with Crippen molar-refractivity contribution in [2.24, 2.45) is 11.8 Å². The van der Waals surface area contributed by atoms with Gasteiger partial charge in [-0.05, 0) is 31.1 Å². The van der Waals surface area contributed by atoms with Crippen LogP contribution >= 0.6 is 0 Å². The first kappa shape index (κ1) is 11.3. The standard InChI is InChI=1S/C12H20O2/c1-5-11(13)14-12(9(2)3)8-6-7-10(12)4/h5,9-10H,1,6-8H2,2-4H3. The maximum Gasteiger partial charge on any atom is 0.330 e. The highest BCUT2D eigenvalue weighted by molar-refractivity contribution is 5.81. The summed E-state index contributed by atoms with van der Waals surface area (Å²) in [7, 11) is 0. The van der Waals surface area contributed by atoms with Gasteiger partial charge in [-0.1, -0.05) is 27.4 Å². The van der Waals surface area contributed by atoms with Gasteiger partial charge in [-0.15, -0.1) is 0 Å². The van der Waals surface area contributed by atoms with Gasteiger partial charge in [0.1, 0.15) is 5.60 Å². The molecule has 80 valence electrons. The van der Waals surface area contributed by atoms with Crippen molar-refractivity contribution in [3.05, 3.63) is 12.7 Å². The lowest BCUT2D eigenvalue weighted by Crippen LogP contribution is -2.42. The summed E-state index contributed by atoms with van der Waals surface area (Å²) >= 11 is 0. The number of esters is 1. The summed E-state index contributed by atoms with van der Waals surface area (Å²) in [5.74, 6) is 0.558. The topological polar surface area (TPSA) is 26.3 Å². The van der Waals surface area contributed by atoms with Crippen molar-refractivity contribution in [1.29, 1.82) is 0 Å². The molecule has 0 heterocycles. The summed E-state index contributed by atoms with van der Waals surface area (Å²) in [6, 6.07) is 0. The quantitative estimate of drug-likeness (QED) is 0.512. The molecule has 0 aromatic heterocycles. The Balaban J connectivity index is 2.82. The summed E-state index contributed by atoms with van der Waals surface area (Å²) in [5, 5.41) is 0. The van der Waals surface area contributed by atoms with E-state index in [4.69, 9.17) is 4.74 Å². The normalized spacial score (nSPS) is 31.9. The molecule has 2 unspecified atom stereocenters. The monoisotopic (exact) mass is 196 g/mol. The fourth-order valence-corrected chi connectivity index (χ4v) is 2.53. The Morgan fingerprint density at radius 3 is 2.64 bits per heavy atom. The van der Waals surface area contributed by atoms with Crippen LogP contribution in [0.4, 0.5) is 0 Å². The Morgan fingerprint density at radius 2 is 2.29 bits per heavy atom. The van der Waals surface area contributed by atoms with Gasteiger partial charge in [0.15, 0.2) is 0 Å². The first-order valence-corrected chi connectivity index (χ1v) is 5.38. The van der Waals surface area contributed by atoms with Crippen molar-refractivity contribution >= 4 is 5.97 Å². The minimum Gasteiger partial charge on any atom is -0.455 e. The molecular weight excluding hydrogens is 176 g/mol. The number of hydrogen-bond donors (Lipinski definition) is 0. The van der Waals surface area contributed by atoms with Gasteiger partial charge >= 0.3 is 5.97 Å². The Labute approximate surface area is 86.3 Å². The van der Waals surface area contributed by atoms with Gasteiger partial charge in [0, 0.05) is 6.08 Å². The number of carbonyl (C=O) groups excluding carboxylic acids is 1. The van der Waals surface area contributed by atoms with Crippen LogP contribution in [-0.2, 0) is 9.53 Å². The Hall–Kier alpha value is -0.790. The second-order valence-corrected chi connectivity index (χ2v) is 4.53. The van der Waals surface area contributed by atoms with E-state index in [0.717, 1.165) is 19.3 Å². The molecule has 0 amide bonds. The van der Waals surface area contributed by atoms with Gasteiger partial charge in [-0.25, -0.2) is 4.79 Å². The zero-order chi connectivity index (χ0) is 10.8. The third-order valence-electron chi connectivity index (χ3n) is 3.47. The summed E-state index contributed by atoms with van der Waals surface area (Å²) in [6.45, 7) is 9.86. The van der Waals surface area contributed by atoms with Gasteiger partial charge in [-0.3, -0.25) is 0 Å². The Kier molecular flexibility index (Phi) is 3.35. The second-order valence-electron chi connectivity index (χ2n) is 4.53. The molecule has 0 bridgehead atoms. The van der Waals surface area contributed by atoms with Gasteiger partial charge < -0.3 is 4.74 Å². The van der Waals surface area contributed by atoms with E-state index < -0.39 is 0 Å². The third-order valence-corrected chi connectivity index (χ3v) is 3.47. The van der Waals surface area contributed by atoms with Crippen LogP contribution in [-0.4, -0.2) is 11.6 Å². The van der Waals surface area contributed by atoms with E-state index in [-0.39, 0.29) is 11.6 Å². The maximum absolute atomic E-state index is 11.3. The zero-order valence-electron chi connectivity index (χ0n) is 9.38. The molecule has 0 spiro atoms. The van der Waals surface area contributed by atoms with E-state index in [0.29, 0.717) is 11.8 Å². The highest BCUT2D eigenvalue weighted by atomic mass is 16.6. The van der Waals surface area contributed by atoms with Crippen molar-refractivity contribution in [2.45, 2.75) is 45.6 Å². The molecule has 1 fully saturated rings. The van der Waals surface area contributed by atoms with Crippen LogP contribution in [0, 0.1) is 11.8 Å². The van der Waals surface area contributed by atoms with Crippen LogP contribution in [0.3, 0.4) is 0 Å². The molecule has 1 aliphatic carbocycles. The molecule has 14 heavy (non-hydrogen) atoms. The fraction of sp³-hybridized carbons (Fsp3) is 0.750. The third kappa shape index (κ3) is 1.84. The van der Waals surface area contributed by atoms with E-state index in [1.165, 1.54) is 6.08 Å². The first-order valence-electron chi connectivity index (χ1n) is 5.38. The SMILES string of the molecule is C=CC(=O)OC1(C(C)C)CCCC1C. The minimum atomic E-state index is -0.285. The van der Waals surface area contributed by atoms with E-state index >= 15 is 0 Å². The van der Waals surface area contributed by atoms with E-state index in [1.54, 1.807) is 0 Å². The lowest BCUT2D eigenvalue weighted by atomic mass is 9.81. The molecule has 1 rings (SSSR count). The molecule has 0 aliphatic heterocycles. The van der Waals surface area contributed by atoms with Gasteiger partial charge in [0.25, 0.3) is 0 Å². The summed E-state index contributed by atoms with van der Waals surface area (Å²) in [5.41, 5.74) is -0.245. The summed E-state index contributed by atoms with van der Waals surface area (Å²) < 4.78 is 5.56. The van der Waals surface area contributed by atoms with Gasteiger partial charge in [0.05, 0.1) is 0 Å². The van der Waals surface area contributed by atoms with Crippen LogP contribution < -0.4 is 0 Å².